The highest BCUT2D eigenvalue weighted by molar-refractivity contribution is 7.52. The second kappa shape index (κ2) is 13.6. The third-order valence-corrected chi connectivity index (χ3v) is 8.33. The highest BCUT2D eigenvalue weighted by atomic mass is 31.2. The van der Waals surface area contributed by atoms with Gasteiger partial charge in [0.1, 0.15) is 23.4 Å². The maximum atomic E-state index is 14.0. The van der Waals surface area contributed by atoms with Crippen molar-refractivity contribution in [1.29, 1.82) is 0 Å². The van der Waals surface area contributed by atoms with Gasteiger partial charge < -0.3 is 29.6 Å². The van der Waals surface area contributed by atoms with E-state index in [0.29, 0.717) is 6.61 Å². The molecule has 6 atom stereocenters. The van der Waals surface area contributed by atoms with Gasteiger partial charge in [-0.2, -0.15) is 15.1 Å². The molecule has 0 aliphatic carbocycles. The van der Waals surface area contributed by atoms with Gasteiger partial charge >= 0.3 is 13.7 Å². The monoisotopic (exact) mass is 647 g/mol. The highest BCUT2D eigenvalue weighted by Gasteiger charge is 2.55. The lowest BCUT2D eigenvalue weighted by molar-refractivity contribution is -0.148. The number of fused-ring (bicyclic) bond motifs is 1. The van der Waals surface area contributed by atoms with Crippen molar-refractivity contribution in [3.63, 3.8) is 0 Å². The maximum Gasteiger partial charge on any atom is 0.459 e. The van der Waals surface area contributed by atoms with E-state index in [2.05, 4.69) is 30.1 Å². The van der Waals surface area contributed by atoms with Crippen molar-refractivity contribution < 1.29 is 37.7 Å². The Morgan fingerprint density at radius 2 is 2.04 bits per heavy atom. The summed E-state index contributed by atoms with van der Waals surface area (Å²) in [5, 5.41) is 17.8. The van der Waals surface area contributed by atoms with E-state index in [4.69, 9.17) is 29.0 Å². The average Bonchev–Trinajstić information content (AvgIpc) is 3.49. The van der Waals surface area contributed by atoms with E-state index in [1.165, 1.54) is 24.7 Å². The smallest absolute Gasteiger partial charge is 0.459 e. The van der Waals surface area contributed by atoms with Crippen LogP contribution in [0.2, 0.25) is 0 Å². The van der Waals surface area contributed by atoms with Crippen LogP contribution in [0.15, 0.2) is 41.8 Å². The summed E-state index contributed by atoms with van der Waals surface area (Å²) in [5.41, 5.74) is 13.9. The van der Waals surface area contributed by atoms with Crippen molar-refractivity contribution in [2.75, 3.05) is 25.6 Å². The fraction of sp³-hybridized carbons (Fsp3) is 0.556. The van der Waals surface area contributed by atoms with Crippen LogP contribution < -0.4 is 20.1 Å². The number of nitrogen functional groups attached to an aromatic ring is 1. The molecule has 0 radical (unpaired) electrons. The lowest BCUT2D eigenvalue weighted by Gasteiger charge is -2.28. The Kier molecular flexibility index (Phi) is 10.2. The predicted octanol–water partition coefficient (Wildman–Crippen LogP) is 3.91. The number of aliphatic hydroxyl groups is 1. The fourth-order valence-corrected chi connectivity index (χ4v) is 5.98. The molecule has 0 bridgehead atoms. The summed E-state index contributed by atoms with van der Waals surface area (Å²) in [6.07, 6.45) is -2.48. The molecular weight excluding hydrogens is 609 g/mol. The third kappa shape index (κ3) is 7.82. The summed E-state index contributed by atoms with van der Waals surface area (Å²) < 4.78 is 44.0. The maximum absolute atomic E-state index is 14.0. The summed E-state index contributed by atoms with van der Waals surface area (Å²) in [6, 6.07) is 7.11. The number of aromatic nitrogens is 4. The minimum atomic E-state index is -4.31. The molecule has 1 saturated heterocycles. The molecule has 0 spiro atoms. The predicted molar refractivity (Wildman–Crippen MR) is 162 cm³/mol. The summed E-state index contributed by atoms with van der Waals surface area (Å²) in [7, 11) is -4.31. The standard InChI is InChI=1S/C27H38N9O8P/c1-7-40-22-19-21(31-25(28)32-22)36(15-30-19)24-27(6,34-35-29)20(37)18(43-24)13-42-45(39,44-17-11-9-8-10-12-17)33-16(2)23(38)41-14-26(3,4)5/h8-12,15-16,18,20,24,37H,7,13-14H2,1-6H3,(H,33,39)(H2,28,31,32)/t16-,18+,20+,24+,27+,45?/m0/s1. The normalized spacial score (nSPS) is 23.6. The van der Waals surface area contributed by atoms with Crippen molar-refractivity contribution in [2.45, 2.75) is 71.6 Å². The number of imidazole rings is 1. The number of rotatable bonds is 13. The zero-order chi connectivity index (χ0) is 33.0. The highest BCUT2D eigenvalue weighted by Crippen LogP contribution is 2.48. The van der Waals surface area contributed by atoms with Crippen LogP contribution in [0.3, 0.4) is 0 Å². The Hall–Kier alpha value is -3.98. The molecule has 0 amide bonds. The Labute approximate surface area is 259 Å². The molecule has 1 aromatic carbocycles. The number of para-hydroxylation sites is 1. The van der Waals surface area contributed by atoms with Crippen LogP contribution in [0, 0.1) is 5.41 Å². The average molecular weight is 648 g/mol. The van der Waals surface area contributed by atoms with Crippen LogP contribution in [-0.4, -0.2) is 74.2 Å². The lowest BCUT2D eigenvalue weighted by atomic mass is 9.93. The number of esters is 1. The SMILES string of the molecule is CCOc1nc(N)nc2c1ncn2[C@@H]1O[C@H](COP(=O)(N[C@@H](C)C(=O)OCC(C)(C)C)Oc2ccccc2)[C@@H](O)[C@@]1(C)N=[N+]=[N-]. The number of nitrogens with zero attached hydrogens (tertiary/aromatic N) is 7. The zero-order valence-electron chi connectivity index (χ0n) is 25.9. The van der Waals surface area contributed by atoms with Gasteiger partial charge in [0.25, 0.3) is 0 Å². The number of carbonyl (C=O) groups is 1. The van der Waals surface area contributed by atoms with E-state index in [1.807, 2.05) is 20.8 Å². The van der Waals surface area contributed by atoms with Crippen molar-refractivity contribution in [3.8, 4) is 11.6 Å². The summed E-state index contributed by atoms with van der Waals surface area (Å²) in [4.78, 5) is 28.3. The molecule has 0 saturated carbocycles. The summed E-state index contributed by atoms with van der Waals surface area (Å²) in [5.74, 6) is -0.432. The van der Waals surface area contributed by atoms with Gasteiger partial charge in [0.15, 0.2) is 17.4 Å². The van der Waals surface area contributed by atoms with E-state index in [-0.39, 0.29) is 40.8 Å². The minimum absolute atomic E-state index is 0.100. The first-order valence-electron chi connectivity index (χ1n) is 14.2. The van der Waals surface area contributed by atoms with Gasteiger partial charge in [-0.1, -0.05) is 44.1 Å². The molecule has 4 rings (SSSR count). The Balaban J connectivity index is 1.60. The molecule has 1 unspecified atom stereocenters. The van der Waals surface area contributed by atoms with Crippen molar-refractivity contribution in [1.82, 2.24) is 24.6 Å². The summed E-state index contributed by atoms with van der Waals surface area (Å²) >= 11 is 0. The lowest BCUT2D eigenvalue weighted by Crippen LogP contribution is -2.43. The first-order chi connectivity index (χ1) is 21.2. The van der Waals surface area contributed by atoms with Gasteiger partial charge in [-0.05, 0) is 43.9 Å². The van der Waals surface area contributed by atoms with E-state index in [9.17, 15) is 20.0 Å². The van der Waals surface area contributed by atoms with Crippen LogP contribution in [0.5, 0.6) is 11.6 Å². The van der Waals surface area contributed by atoms with E-state index < -0.39 is 50.3 Å². The van der Waals surface area contributed by atoms with Crippen molar-refractivity contribution in [3.05, 3.63) is 47.1 Å². The van der Waals surface area contributed by atoms with Crippen molar-refractivity contribution >= 4 is 30.8 Å². The molecule has 244 valence electrons. The van der Waals surface area contributed by atoms with Gasteiger partial charge in [0, 0.05) is 4.91 Å². The number of azide groups is 1. The van der Waals surface area contributed by atoms with Gasteiger partial charge in [0.05, 0.1) is 32.3 Å². The first-order valence-corrected chi connectivity index (χ1v) is 15.7. The van der Waals surface area contributed by atoms with Crippen LogP contribution in [0.25, 0.3) is 21.6 Å². The molecule has 3 aromatic rings. The molecule has 4 N–H and O–H groups in total. The Morgan fingerprint density at radius 3 is 2.69 bits per heavy atom. The largest absolute Gasteiger partial charge is 0.476 e. The molecule has 1 aliphatic rings. The minimum Gasteiger partial charge on any atom is -0.476 e. The zero-order valence-corrected chi connectivity index (χ0v) is 26.7. The van der Waals surface area contributed by atoms with Gasteiger partial charge in [-0.15, -0.1) is 0 Å². The molecule has 18 heteroatoms. The molecule has 1 fully saturated rings. The van der Waals surface area contributed by atoms with Crippen molar-refractivity contribution in [2.24, 2.45) is 10.5 Å². The number of aliphatic hydroxyl groups excluding tert-OH is 1. The third-order valence-electron chi connectivity index (χ3n) is 6.69. The van der Waals surface area contributed by atoms with E-state index >= 15 is 0 Å². The van der Waals surface area contributed by atoms with Crippen LogP contribution >= 0.6 is 7.75 Å². The molecule has 3 heterocycles. The molecule has 17 nitrogen and oxygen atoms in total. The van der Waals surface area contributed by atoms with Gasteiger partial charge in [-0.25, -0.2) is 9.55 Å². The topological polar surface area (TPSA) is 231 Å². The van der Waals surface area contributed by atoms with E-state index in [0.717, 1.165) is 0 Å². The Bertz CT molecular complexity index is 1590. The van der Waals surface area contributed by atoms with Gasteiger partial charge in [0.2, 0.25) is 11.8 Å². The number of carbonyl (C=O) groups excluding carboxylic acids is 1. The van der Waals surface area contributed by atoms with Crippen LogP contribution in [-0.2, 0) is 23.4 Å². The second-order valence-corrected chi connectivity index (χ2v) is 13.4. The molecular formula is C27H38N9O8P. The molecule has 45 heavy (non-hydrogen) atoms. The number of benzene rings is 1. The fourth-order valence-electron chi connectivity index (χ4n) is 4.48. The number of hydrogen-bond donors (Lipinski definition) is 3. The number of nitrogens with one attached hydrogen (secondary N) is 1. The van der Waals surface area contributed by atoms with Crippen LogP contribution in [0.1, 0.15) is 47.8 Å². The van der Waals surface area contributed by atoms with Gasteiger partial charge in [-0.3, -0.25) is 13.9 Å². The number of hydrogen-bond acceptors (Lipinski definition) is 13. The number of ether oxygens (including phenoxy) is 3. The second-order valence-electron chi connectivity index (χ2n) is 11.7. The van der Waals surface area contributed by atoms with Crippen LogP contribution in [0.4, 0.5) is 5.95 Å². The molecule has 2 aromatic heterocycles. The summed E-state index contributed by atoms with van der Waals surface area (Å²) in [6.45, 7) is 10.3. The number of anilines is 1. The van der Waals surface area contributed by atoms with E-state index in [1.54, 1.807) is 37.3 Å². The Morgan fingerprint density at radius 1 is 1.33 bits per heavy atom. The number of nitrogens with two attached hydrogens (primary N) is 1. The quantitative estimate of drug-likeness (QED) is 0.0786. The molecule has 1 aliphatic heterocycles. The first kappa shape index (κ1) is 33.9.